The minimum atomic E-state index is 0.412. The van der Waals surface area contributed by atoms with Crippen molar-refractivity contribution in [2.45, 2.75) is 70.0 Å². The molecule has 0 N–H and O–H groups in total. The first-order chi connectivity index (χ1) is 14.2. The van der Waals surface area contributed by atoms with E-state index in [0.29, 0.717) is 12.5 Å². The Morgan fingerprint density at radius 1 is 1.14 bits per heavy atom. The molecule has 3 aromatic rings. The van der Waals surface area contributed by atoms with Crippen LogP contribution in [0.4, 0.5) is 0 Å². The summed E-state index contributed by atoms with van der Waals surface area (Å²) >= 11 is 1.68. The van der Waals surface area contributed by atoms with E-state index >= 15 is 0 Å². The number of rotatable bonds is 9. The largest absolute Gasteiger partial charge is 0.486 e. The van der Waals surface area contributed by atoms with Crippen LogP contribution in [-0.2, 0) is 31.7 Å². The zero-order chi connectivity index (χ0) is 20.1. The minimum Gasteiger partial charge on any atom is -0.486 e. The average molecular weight is 413 g/mol. The second-order valence-electron chi connectivity index (χ2n) is 7.86. The van der Waals surface area contributed by atoms with Gasteiger partial charge in [0.1, 0.15) is 18.1 Å². The van der Waals surface area contributed by atoms with Crippen LogP contribution in [0.1, 0.15) is 56.0 Å². The van der Waals surface area contributed by atoms with Crippen molar-refractivity contribution >= 4 is 11.8 Å². The molecule has 0 unspecified atom stereocenters. The summed E-state index contributed by atoms with van der Waals surface area (Å²) in [5.41, 5.74) is 2.37. The summed E-state index contributed by atoms with van der Waals surface area (Å²) in [7, 11) is 0. The fourth-order valence-corrected chi connectivity index (χ4v) is 4.45. The van der Waals surface area contributed by atoms with Crippen LogP contribution in [0.5, 0.6) is 5.75 Å². The quantitative estimate of drug-likeness (QED) is 0.458. The summed E-state index contributed by atoms with van der Waals surface area (Å²) in [6, 6.07) is 9.84. The highest BCUT2D eigenvalue weighted by Crippen LogP contribution is 2.29. The highest BCUT2D eigenvalue weighted by Gasteiger charge is 2.21. The highest BCUT2D eigenvalue weighted by molar-refractivity contribution is 7.98. The number of aryl methyl sites for hydroxylation is 1. The van der Waals surface area contributed by atoms with E-state index in [4.69, 9.17) is 9.26 Å². The van der Waals surface area contributed by atoms with Crippen molar-refractivity contribution in [1.82, 2.24) is 19.9 Å². The molecule has 0 bridgehead atoms. The van der Waals surface area contributed by atoms with Crippen molar-refractivity contribution in [1.29, 1.82) is 0 Å². The molecule has 1 aromatic carbocycles. The van der Waals surface area contributed by atoms with E-state index in [-0.39, 0.29) is 0 Å². The second-order valence-corrected chi connectivity index (χ2v) is 8.80. The van der Waals surface area contributed by atoms with Crippen LogP contribution in [0.15, 0.2) is 40.0 Å². The SMILES string of the molecule is CC(C)CCn1c(COc2ccccc2)nnc1SCc1noc2c1CCCC2. The molecule has 7 heteroatoms. The maximum atomic E-state index is 5.92. The third-order valence-electron chi connectivity index (χ3n) is 5.20. The number of nitrogens with zero attached hydrogens (tertiary/aromatic N) is 4. The Morgan fingerprint density at radius 3 is 2.79 bits per heavy atom. The molecule has 4 rings (SSSR count). The third-order valence-corrected chi connectivity index (χ3v) is 6.18. The lowest BCUT2D eigenvalue weighted by atomic mass is 9.97. The first-order valence-electron chi connectivity index (χ1n) is 10.4. The molecule has 2 aromatic heterocycles. The lowest BCUT2D eigenvalue weighted by Gasteiger charge is -2.12. The number of hydrogen-bond acceptors (Lipinski definition) is 6. The van der Waals surface area contributed by atoms with Gasteiger partial charge in [0, 0.05) is 24.3 Å². The van der Waals surface area contributed by atoms with Gasteiger partial charge in [0.05, 0.1) is 5.69 Å². The molecular formula is C22H28N4O2S. The standard InChI is InChI=1S/C22H28N4O2S/c1-16(2)12-13-26-21(14-27-17-8-4-3-5-9-17)23-24-22(26)29-15-19-18-10-6-7-11-20(18)28-25-19/h3-5,8-9,16H,6-7,10-15H2,1-2H3. The zero-order valence-electron chi connectivity index (χ0n) is 17.1. The van der Waals surface area contributed by atoms with E-state index < -0.39 is 0 Å². The van der Waals surface area contributed by atoms with E-state index in [1.165, 1.54) is 18.4 Å². The first kappa shape index (κ1) is 20.0. The Morgan fingerprint density at radius 2 is 1.97 bits per heavy atom. The number of benzene rings is 1. The van der Waals surface area contributed by atoms with E-state index in [9.17, 15) is 0 Å². The monoisotopic (exact) mass is 412 g/mol. The Balaban J connectivity index is 1.46. The Labute approximate surface area is 176 Å². The number of fused-ring (bicyclic) bond motifs is 1. The fourth-order valence-electron chi connectivity index (χ4n) is 3.50. The average Bonchev–Trinajstić information content (AvgIpc) is 3.33. The van der Waals surface area contributed by atoms with Crippen molar-refractivity contribution < 1.29 is 9.26 Å². The molecule has 0 amide bonds. The van der Waals surface area contributed by atoms with Gasteiger partial charge >= 0.3 is 0 Å². The highest BCUT2D eigenvalue weighted by atomic mass is 32.2. The van der Waals surface area contributed by atoms with Gasteiger partial charge in [-0.05, 0) is 43.7 Å². The zero-order valence-corrected chi connectivity index (χ0v) is 18.0. The number of hydrogen-bond donors (Lipinski definition) is 0. The number of para-hydroxylation sites is 1. The lowest BCUT2D eigenvalue weighted by Crippen LogP contribution is -2.10. The van der Waals surface area contributed by atoms with Crippen molar-refractivity contribution in [2.24, 2.45) is 5.92 Å². The lowest BCUT2D eigenvalue weighted by molar-refractivity contribution is 0.285. The molecule has 1 aliphatic carbocycles. The van der Waals surface area contributed by atoms with Crippen molar-refractivity contribution in [3.8, 4) is 5.75 Å². The van der Waals surface area contributed by atoms with E-state index in [1.807, 2.05) is 30.3 Å². The Bertz CT molecular complexity index is 920. The predicted molar refractivity (Wildman–Crippen MR) is 113 cm³/mol. The van der Waals surface area contributed by atoms with Gasteiger partial charge in [-0.2, -0.15) is 0 Å². The second kappa shape index (κ2) is 9.48. The normalized spacial score (nSPS) is 13.6. The molecule has 0 radical (unpaired) electrons. The van der Waals surface area contributed by atoms with Crippen LogP contribution >= 0.6 is 11.8 Å². The van der Waals surface area contributed by atoms with E-state index in [2.05, 4.69) is 33.8 Å². The van der Waals surface area contributed by atoms with Crippen molar-refractivity contribution in [3.05, 3.63) is 53.2 Å². The molecule has 0 aliphatic heterocycles. The number of aromatic nitrogens is 4. The molecule has 0 saturated heterocycles. The van der Waals surface area contributed by atoms with Gasteiger partial charge in [0.2, 0.25) is 0 Å². The molecule has 0 fully saturated rings. The summed E-state index contributed by atoms with van der Waals surface area (Å²) in [4.78, 5) is 0. The molecule has 1 aliphatic rings. The molecule has 0 atom stereocenters. The summed E-state index contributed by atoms with van der Waals surface area (Å²) in [5.74, 6) is 4.15. The van der Waals surface area contributed by atoms with Gasteiger partial charge in [-0.3, -0.25) is 0 Å². The maximum absolute atomic E-state index is 5.92. The van der Waals surface area contributed by atoms with Crippen LogP contribution in [0.25, 0.3) is 0 Å². The van der Waals surface area contributed by atoms with Gasteiger partial charge in [-0.25, -0.2) is 0 Å². The number of ether oxygens (including phenoxy) is 1. The molecule has 0 saturated carbocycles. The van der Waals surface area contributed by atoms with Gasteiger partial charge in [0.15, 0.2) is 11.0 Å². The summed E-state index contributed by atoms with van der Waals surface area (Å²) < 4.78 is 13.7. The van der Waals surface area contributed by atoms with E-state index in [0.717, 1.165) is 59.7 Å². The summed E-state index contributed by atoms with van der Waals surface area (Å²) in [6.07, 6.45) is 5.58. The van der Waals surface area contributed by atoms with Crippen LogP contribution in [0.2, 0.25) is 0 Å². The first-order valence-corrected chi connectivity index (χ1v) is 11.4. The van der Waals surface area contributed by atoms with Crippen molar-refractivity contribution in [2.75, 3.05) is 0 Å². The summed E-state index contributed by atoms with van der Waals surface area (Å²) in [5, 5.41) is 14.1. The molecule has 154 valence electrons. The van der Waals surface area contributed by atoms with Gasteiger partial charge in [0.25, 0.3) is 0 Å². The minimum absolute atomic E-state index is 0.412. The maximum Gasteiger partial charge on any atom is 0.191 e. The van der Waals surface area contributed by atoms with Crippen LogP contribution in [-0.4, -0.2) is 19.9 Å². The molecular weight excluding hydrogens is 384 g/mol. The fraction of sp³-hybridized carbons (Fsp3) is 0.500. The summed E-state index contributed by atoms with van der Waals surface area (Å²) in [6.45, 7) is 5.77. The van der Waals surface area contributed by atoms with Gasteiger partial charge in [-0.1, -0.05) is 49.0 Å². The third kappa shape index (κ3) is 5.01. The van der Waals surface area contributed by atoms with Gasteiger partial charge in [-0.15, -0.1) is 10.2 Å². The molecule has 2 heterocycles. The van der Waals surface area contributed by atoms with Gasteiger partial charge < -0.3 is 13.8 Å². The van der Waals surface area contributed by atoms with Crippen LogP contribution < -0.4 is 4.74 Å². The van der Waals surface area contributed by atoms with Crippen molar-refractivity contribution in [3.63, 3.8) is 0 Å². The molecule has 6 nitrogen and oxygen atoms in total. The van der Waals surface area contributed by atoms with Crippen LogP contribution in [0, 0.1) is 5.92 Å². The van der Waals surface area contributed by atoms with Crippen LogP contribution in [0.3, 0.4) is 0 Å². The smallest absolute Gasteiger partial charge is 0.191 e. The predicted octanol–water partition coefficient (Wildman–Crippen LogP) is 5.06. The Hall–Kier alpha value is -2.28. The molecule has 29 heavy (non-hydrogen) atoms. The Kier molecular flexibility index (Phi) is 6.54. The van der Waals surface area contributed by atoms with E-state index in [1.54, 1.807) is 11.8 Å². The topological polar surface area (TPSA) is 66.0 Å². The number of thioether (sulfide) groups is 1. The molecule has 0 spiro atoms.